The molecule has 2 unspecified atom stereocenters. The molecule has 24 heavy (non-hydrogen) atoms. The zero-order valence-electron chi connectivity index (χ0n) is 14.8. The number of ether oxygens (including phenoxy) is 2. The fraction of sp³-hybridized carbons (Fsp3) is 0.632. The Labute approximate surface area is 144 Å². The molecule has 0 bridgehead atoms. The minimum atomic E-state index is 0.337. The van der Waals surface area contributed by atoms with Crippen LogP contribution in [0.25, 0.3) is 0 Å². The molecule has 132 valence electrons. The van der Waals surface area contributed by atoms with Gasteiger partial charge in [0.15, 0.2) is 5.96 Å². The van der Waals surface area contributed by atoms with Crippen molar-refractivity contribution in [2.75, 3.05) is 20.3 Å². The summed E-state index contributed by atoms with van der Waals surface area (Å²) >= 11 is 0. The van der Waals surface area contributed by atoms with E-state index in [4.69, 9.17) is 9.47 Å². The van der Waals surface area contributed by atoms with Gasteiger partial charge in [-0.05, 0) is 36.3 Å². The number of nitrogens with one attached hydrogen (secondary N) is 2. The van der Waals surface area contributed by atoms with E-state index in [0.29, 0.717) is 18.8 Å². The minimum Gasteiger partial charge on any atom is -0.381 e. The van der Waals surface area contributed by atoms with Crippen molar-refractivity contribution in [1.82, 2.24) is 10.6 Å². The van der Waals surface area contributed by atoms with Crippen molar-refractivity contribution >= 4 is 5.96 Å². The molecule has 0 radical (unpaired) electrons. The van der Waals surface area contributed by atoms with E-state index < -0.39 is 0 Å². The van der Waals surface area contributed by atoms with Crippen LogP contribution < -0.4 is 10.6 Å². The van der Waals surface area contributed by atoms with Crippen LogP contribution in [-0.2, 0) is 22.6 Å². The van der Waals surface area contributed by atoms with E-state index >= 15 is 0 Å². The maximum Gasteiger partial charge on any atom is 0.191 e. The van der Waals surface area contributed by atoms with Gasteiger partial charge in [-0.3, -0.25) is 4.99 Å². The summed E-state index contributed by atoms with van der Waals surface area (Å²) in [6, 6.07) is 9.15. The number of benzene rings is 1. The van der Waals surface area contributed by atoms with E-state index in [1.807, 2.05) is 7.05 Å². The summed E-state index contributed by atoms with van der Waals surface area (Å²) in [5.41, 5.74) is 2.47. The number of guanidine groups is 1. The Balaban J connectivity index is 1.45. The molecular formula is C19H29N3O2. The van der Waals surface area contributed by atoms with Gasteiger partial charge in [-0.15, -0.1) is 0 Å². The van der Waals surface area contributed by atoms with Crippen LogP contribution in [0.2, 0.25) is 0 Å². The number of hydrogen-bond donors (Lipinski definition) is 2. The smallest absolute Gasteiger partial charge is 0.191 e. The third-order valence-corrected chi connectivity index (χ3v) is 4.76. The highest BCUT2D eigenvalue weighted by Gasteiger charge is 2.33. The summed E-state index contributed by atoms with van der Waals surface area (Å²) in [4.78, 5) is 4.30. The maximum atomic E-state index is 6.01. The molecule has 2 fully saturated rings. The summed E-state index contributed by atoms with van der Waals surface area (Å²) in [5, 5.41) is 6.84. The molecule has 2 aliphatic rings. The van der Waals surface area contributed by atoms with E-state index in [1.54, 1.807) is 0 Å². The van der Waals surface area contributed by atoms with Crippen molar-refractivity contribution in [2.24, 2.45) is 10.9 Å². The van der Waals surface area contributed by atoms with Crippen LogP contribution >= 0.6 is 0 Å². The van der Waals surface area contributed by atoms with Gasteiger partial charge in [-0.25, -0.2) is 0 Å². The van der Waals surface area contributed by atoms with E-state index in [9.17, 15) is 0 Å². The summed E-state index contributed by atoms with van der Waals surface area (Å²) in [6.07, 6.45) is 3.58. The van der Waals surface area contributed by atoms with Crippen molar-refractivity contribution in [1.29, 1.82) is 0 Å². The molecule has 1 heterocycles. The molecule has 1 aromatic carbocycles. The number of hydrogen-bond acceptors (Lipinski definition) is 3. The predicted molar refractivity (Wildman–Crippen MR) is 96.0 cm³/mol. The van der Waals surface area contributed by atoms with Crippen molar-refractivity contribution in [3.8, 4) is 0 Å². The van der Waals surface area contributed by atoms with Crippen LogP contribution in [0, 0.1) is 5.92 Å². The molecule has 2 atom stereocenters. The van der Waals surface area contributed by atoms with E-state index in [0.717, 1.165) is 44.5 Å². The van der Waals surface area contributed by atoms with Gasteiger partial charge < -0.3 is 20.1 Å². The van der Waals surface area contributed by atoms with Crippen LogP contribution in [0.5, 0.6) is 0 Å². The highest BCUT2D eigenvalue weighted by molar-refractivity contribution is 5.80. The minimum absolute atomic E-state index is 0.337. The Morgan fingerprint density at radius 1 is 1.29 bits per heavy atom. The quantitative estimate of drug-likeness (QED) is 0.621. The van der Waals surface area contributed by atoms with Crippen molar-refractivity contribution in [2.45, 2.75) is 51.5 Å². The Bertz CT molecular complexity index is 555. The molecule has 0 amide bonds. The highest BCUT2D eigenvalue weighted by atomic mass is 16.5. The first-order valence-corrected chi connectivity index (χ1v) is 8.99. The third-order valence-electron chi connectivity index (χ3n) is 4.76. The SMILES string of the molecule is CN=C(NCc1cccc(COC2CCOCC2)c1)NC1CC1C. The average molecular weight is 331 g/mol. The predicted octanol–water partition coefficient (Wildman–Crippen LogP) is 2.46. The fourth-order valence-corrected chi connectivity index (χ4v) is 2.97. The van der Waals surface area contributed by atoms with Crippen LogP contribution in [0.3, 0.4) is 0 Å². The van der Waals surface area contributed by atoms with Crippen molar-refractivity contribution < 1.29 is 9.47 Å². The zero-order valence-corrected chi connectivity index (χ0v) is 14.8. The first-order chi connectivity index (χ1) is 11.7. The van der Waals surface area contributed by atoms with Crippen LogP contribution in [0.1, 0.15) is 37.3 Å². The van der Waals surface area contributed by atoms with E-state index in [2.05, 4.69) is 46.8 Å². The van der Waals surface area contributed by atoms with Gasteiger partial charge in [0.1, 0.15) is 0 Å². The fourth-order valence-electron chi connectivity index (χ4n) is 2.97. The molecule has 2 N–H and O–H groups in total. The molecule has 1 aromatic rings. The average Bonchev–Trinajstić information content (AvgIpc) is 3.33. The number of rotatable bonds is 6. The monoisotopic (exact) mass is 331 g/mol. The lowest BCUT2D eigenvalue weighted by Crippen LogP contribution is -2.38. The maximum absolute atomic E-state index is 6.01. The standard InChI is InChI=1S/C19H29N3O2/c1-14-10-18(14)22-19(20-2)21-12-15-4-3-5-16(11-15)13-24-17-6-8-23-9-7-17/h3-5,11,14,17-18H,6-10,12-13H2,1-2H3,(H2,20,21,22). The lowest BCUT2D eigenvalue weighted by atomic mass is 10.1. The van der Waals surface area contributed by atoms with E-state index in [1.165, 1.54) is 17.5 Å². The Morgan fingerprint density at radius 2 is 2.04 bits per heavy atom. The summed E-state index contributed by atoms with van der Waals surface area (Å²) in [6.45, 7) is 5.34. The second kappa shape index (κ2) is 8.49. The van der Waals surface area contributed by atoms with Crippen molar-refractivity contribution in [3.63, 3.8) is 0 Å². The topological polar surface area (TPSA) is 54.9 Å². The molecule has 0 spiro atoms. The van der Waals surface area contributed by atoms with Crippen LogP contribution in [0.15, 0.2) is 29.3 Å². The first-order valence-electron chi connectivity index (χ1n) is 8.99. The van der Waals surface area contributed by atoms with Gasteiger partial charge in [0.05, 0.1) is 12.7 Å². The molecule has 1 aliphatic heterocycles. The summed E-state index contributed by atoms with van der Waals surface area (Å²) in [7, 11) is 1.82. The second-order valence-electron chi connectivity index (χ2n) is 6.83. The largest absolute Gasteiger partial charge is 0.381 e. The molecule has 1 saturated carbocycles. The second-order valence-corrected chi connectivity index (χ2v) is 6.83. The van der Waals surface area contributed by atoms with Gasteiger partial charge in [0, 0.05) is 32.8 Å². The molecule has 3 rings (SSSR count). The Kier molecular flexibility index (Phi) is 6.10. The summed E-state index contributed by atoms with van der Waals surface area (Å²) < 4.78 is 11.4. The molecule has 5 heteroatoms. The summed E-state index contributed by atoms with van der Waals surface area (Å²) in [5.74, 6) is 1.64. The molecule has 1 aliphatic carbocycles. The van der Waals surface area contributed by atoms with Crippen LogP contribution in [-0.4, -0.2) is 38.4 Å². The van der Waals surface area contributed by atoms with Gasteiger partial charge in [0.25, 0.3) is 0 Å². The molecule has 5 nitrogen and oxygen atoms in total. The Hall–Kier alpha value is -1.59. The highest BCUT2D eigenvalue weighted by Crippen LogP contribution is 2.28. The van der Waals surface area contributed by atoms with Gasteiger partial charge in [-0.1, -0.05) is 31.2 Å². The Morgan fingerprint density at radius 3 is 2.75 bits per heavy atom. The van der Waals surface area contributed by atoms with Crippen LogP contribution in [0.4, 0.5) is 0 Å². The number of nitrogens with zero attached hydrogens (tertiary/aromatic N) is 1. The lowest BCUT2D eigenvalue weighted by molar-refractivity contribution is -0.0390. The molecule has 1 saturated heterocycles. The van der Waals surface area contributed by atoms with Gasteiger partial charge in [-0.2, -0.15) is 0 Å². The van der Waals surface area contributed by atoms with Gasteiger partial charge in [0.2, 0.25) is 0 Å². The lowest BCUT2D eigenvalue weighted by Gasteiger charge is -2.22. The normalized spacial score (nSPS) is 24.7. The zero-order chi connectivity index (χ0) is 16.8. The van der Waals surface area contributed by atoms with Gasteiger partial charge >= 0.3 is 0 Å². The first kappa shape index (κ1) is 17.2. The van der Waals surface area contributed by atoms with E-state index in [-0.39, 0.29) is 0 Å². The van der Waals surface area contributed by atoms with Crippen molar-refractivity contribution in [3.05, 3.63) is 35.4 Å². The third kappa shape index (κ3) is 5.21. The molecular weight excluding hydrogens is 302 g/mol. The molecule has 0 aromatic heterocycles. The number of aliphatic imine (C=N–C) groups is 1.